The summed E-state index contributed by atoms with van der Waals surface area (Å²) in [6.07, 6.45) is 4.30. The molecule has 5 heteroatoms. The standard InChI is InChI=1S/C19H20N2OS2/c1-12-7-8-14(9-13(12)2)23-11-18(22)21-19-16(10-20)15-5-3-4-6-17(15)24-19/h7-9H,3-6,11H2,1-2H3,(H,21,22). The molecule has 0 saturated heterocycles. The van der Waals surface area contributed by atoms with Crippen LogP contribution in [0.5, 0.6) is 0 Å². The lowest BCUT2D eigenvalue weighted by atomic mass is 9.96. The van der Waals surface area contributed by atoms with Gasteiger partial charge in [0.1, 0.15) is 11.1 Å². The van der Waals surface area contributed by atoms with Crippen LogP contribution in [-0.4, -0.2) is 11.7 Å². The van der Waals surface area contributed by atoms with E-state index in [0.717, 1.165) is 34.7 Å². The van der Waals surface area contributed by atoms with Gasteiger partial charge in [-0.25, -0.2) is 0 Å². The zero-order chi connectivity index (χ0) is 17.1. The van der Waals surface area contributed by atoms with Crippen LogP contribution in [0.25, 0.3) is 0 Å². The number of amides is 1. The molecule has 0 saturated carbocycles. The summed E-state index contributed by atoms with van der Waals surface area (Å²) in [6.45, 7) is 4.16. The second-order valence-corrected chi connectivity index (χ2v) is 8.26. The fraction of sp³-hybridized carbons (Fsp3) is 0.368. The summed E-state index contributed by atoms with van der Waals surface area (Å²) < 4.78 is 0. The highest BCUT2D eigenvalue weighted by atomic mass is 32.2. The number of nitrogens with zero attached hydrogens (tertiary/aromatic N) is 1. The van der Waals surface area contributed by atoms with Crippen LogP contribution < -0.4 is 5.32 Å². The number of carbonyl (C=O) groups excluding carboxylic acids is 1. The molecule has 0 bridgehead atoms. The van der Waals surface area contributed by atoms with Gasteiger partial charge in [-0.2, -0.15) is 5.26 Å². The maximum absolute atomic E-state index is 12.3. The van der Waals surface area contributed by atoms with E-state index < -0.39 is 0 Å². The largest absolute Gasteiger partial charge is 0.316 e. The second-order valence-electron chi connectivity index (χ2n) is 6.11. The number of hydrogen-bond donors (Lipinski definition) is 1. The lowest BCUT2D eigenvalue weighted by Gasteiger charge is -2.09. The third-order valence-corrected chi connectivity index (χ3v) is 6.59. The van der Waals surface area contributed by atoms with Crippen molar-refractivity contribution in [2.24, 2.45) is 0 Å². The molecule has 3 nitrogen and oxygen atoms in total. The molecule has 1 aromatic carbocycles. The Morgan fingerprint density at radius 2 is 2.08 bits per heavy atom. The van der Waals surface area contributed by atoms with Crippen LogP contribution in [0, 0.1) is 25.2 Å². The van der Waals surface area contributed by atoms with Crippen LogP contribution in [0.2, 0.25) is 0 Å². The average molecular weight is 357 g/mol. The number of carbonyl (C=O) groups is 1. The van der Waals surface area contributed by atoms with Crippen molar-refractivity contribution in [3.05, 3.63) is 45.3 Å². The quantitative estimate of drug-likeness (QED) is 0.797. The van der Waals surface area contributed by atoms with Gasteiger partial charge in [0.15, 0.2) is 0 Å². The number of thioether (sulfide) groups is 1. The molecule has 0 radical (unpaired) electrons. The van der Waals surface area contributed by atoms with E-state index in [-0.39, 0.29) is 5.91 Å². The van der Waals surface area contributed by atoms with E-state index in [9.17, 15) is 10.1 Å². The van der Waals surface area contributed by atoms with Crippen LogP contribution in [0.4, 0.5) is 5.00 Å². The van der Waals surface area contributed by atoms with Gasteiger partial charge in [-0.1, -0.05) is 6.07 Å². The van der Waals surface area contributed by atoms with E-state index in [2.05, 4.69) is 37.4 Å². The molecular formula is C19H20N2OS2. The molecule has 124 valence electrons. The number of rotatable bonds is 4. The molecule has 2 aromatic rings. The Balaban J connectivity index is 1.66. The first-order valence-electron chi connectivity index (χ1n) is 8.13. The summed E-state index contributed by atoms with van der Waals surface area (Å²) >= 11 is 3.11. The molecular weight excluding hydrogens is 336 g/mol. The van der Waals surface area contributed by atoms with Crippen molar-refractivity contribution in [3.8, 4) is 6.07 Å². The van der Waals surface area contributed by atoms with Gasteiger partial charge >= 0.3 is 0 Å². The highest BCUT2D eigenvalue weighted by molar-refractivity contribution is 8.00. The fourth-order valence-electron chi connectivity index (χ4n) is 2.89. The molecule has 0 atom stereocenters. The number of fused-ring (bicyclic) bond motifs is 1. The summed E-state index contributed by atoms with van der Waals surface area (Å²) in [7, 11) is 0. The number of nitrogens with one attached hydrogen (secondary N) is 1. The molecule has 1 aromatic heterocycles. The molecule has 0 aliphatic heterocycles. The predicted molar refractivity (Wildman–Crippen MR) is 101 cm³/mol. The van der Waals surface area contributed by atoms with Gasteiger partial charge in [0.2, 0.25) is 5.91 Å². The summed E-state index contributed by atoms with van der Waals surface area (Å²) in [5, 5.41) is 13.1. The van der Waals surface area contributed by atoms with E-state index in [4.69, 9.17) is 0 Å². The highest BCUT2D eigenvalue weighted by Gasteiger charge is 2.21. The Morgan fingerprint density at radius 3 is 2.83 bits per heavy atom. The van der Waals surface area contributed by atoms with E-state index in [1.807, 2.05) is 6.07 Å². The third kappa shape index (κ3) is 3.66. The number of hydrogen-bond acceptors (Lipinski definition) is 4. The lowest BCUT2D eigenvalue weighted by molar-refractivity contribution is -0.113. The minimum Gasteiger partial charge on any atom is -0.316 e. The van der Waals surface area contributed by atoms with Gasteiger partial charge in [-0.15, -0.1) is 23.1 Å². The Hall–Kier alpha value is -1.77. The van der Waals surface area contributed by atoms with Crippen molar-refractivity contribution < 1.29 is 4.79 Å². The monoisotopic (exact) mass is 356 g/mol. The summed E-state index contributed by atoms with van der Waals surface area (Å²) in [4.78, 5) is 14.7. The van der Waals surface area contributed by atoms with Crippen molar-refractivity contribution >= 4 is 34.0 Å². The van der Waals surface area contributed by atoms with Crippen LogP contribution in [0.3, 0.4) is 0 Å². The molecule has 3 rings (SSSR count). The normalized spacial score (nSPS) is 13.2. The molecule has 1 aliphatic carbocycles. The number of aryl methyl sites for hydroxylation is 3. The Morgan fingerprint density at radius 1 is 1.29 bits per heavy atom. The van der Waals surface area contributed by atoms with E-state index in [1.165, 1.54) is 34.2 Å². The first-order chi connectivity index (χ1) is 11.6. The van der Waals surface area contributed by atoms with Crippen molar-refractivity contribution in [1.82, 2.24) is 0 Å². The van der Waals surface area contributed by atoms with Crippen molar-refractivity contribution in [1.29, 1.82) is 5.26 Å². The molecule has 24 heavy (non-hydrogen) atoms. The van der Waals surface area contributed by atoms with Crippen LogP contribution >= 0.6 is 23.1 Å². The Bertz CT molecular complexity index is 818. The van der Waals surface area contributed by atoms with Gasteiger partial charge in [0, 0.05) is 9.77 Å². The second kappa shape index (κ2) is 7.42. The highest BCUT2D eigenvalue weighted by Crippen LogP contribution is 2.37. The Kier molecular flexibility index (Phi) is 5.27. The third-order valence-electron chi connectivity index (χ3n) is 4.38. The van der Waals surface area contributed by atoms with Crippen molar-refractivity contribution in [3.63, 3.8) is 0 Å². The van der Waals surface area contributed by atoms with E-state index in [1.54, 1.807) is 11.3 Å². The number of nitriles is 1. The van der Waals surface area contributed by atoms with Gasteiger partial charge in [0.05, 0.1) is 11.3 Å². The molecule has 0 fully saturated rings. The average Bonchev–Trinajstić information content (AvgIpc) is 2.92. The van der Waals surface area contributed by atoms with Crippen molar-refractivity contribution in [2.75, 3.05) is 11.1 Å². The lowest BCUT2D eigenvalue weighted by Crippen LogP contribution is -2.14. The Labute approximate surface area is 151 Å². The summed E-state index contributed by atoms with van der Waals surface area (Å²) in [6, 6.07) is 8.52. The minimum atomic E-state index is -0.0478. The number of anilines is 1. The van der Waals surface area contributed by atoms with Crippen molar-refractivity contribution in [2.45, 2.75) is 44.4 Å². The van der Waals surface area contributed by atoms with E-state index >= 15 is 0 Å². The molecule has 1 N–H and O–H groups in total. The smallest absolute Gasteiger partial charge is 0.235 e. The molecule has 1 heterocycles. The molecule has 1 aliphatic rings. The molecule has 0 spiro atoms. The zero-order valence-corrected chi connectivity index (χ0v) is 15.6. The zero-order valence-electron chi connectivity index (χ0n) is 13.9. The minimum absolute atomic E-state index is 0.0478. The van der Waals surface area contributed by atoms with Crippen LogP contribution in [0.15, 0.2) is 23.1 Å². The maximum Gasteiger partial charge on any atom is 0.235 e. The first kappa shape index (κ1) is 17.1. The molecule has 0 unspecified atom stereocenters. The summed E-state index contributed by atoms with van der Waals surface area (Å²) in [5.41, 5.74) is 4.33. The predicted octanol–water partition coefficient (Wildman–Crippen LogP) is 4.85. The van der Waals surface area contributed by atoms with Gasteiger partial charge in [0.25, 0.3) is 0 Å². The van der Waals surface area contributed by atoms with Gasteiger partial charge in [-0.05, 0) is 68.4 Å². The summed E-state index contributed by atoms with van der Waals surface area (Å²) in [5.74, 6) is 0.309. The van der Waals surface area contributed by atoms with Gasteiger partial charge in [-0.3, -0.25) is 4.79 Å². The van der Waals surface area contributed by atoms with Crippen LogP contribution in [0.1, 0.15) is 40.0 Å². The SMILES string of the molecule is Cc1ccc(SCC(=O)Nc2sc3c(c2C#N)CCCC3)cc1C. The topological polar surface area (TPSA) is 52.9 Å². The van der Waals surface area contributed by atoms with Gasteiger partial charge < -0.3 is 5.32 Å². The number of thiophene rings is 1. The maximum atomic E-state index is 12.3. The fourth-order valence-corrected chi connectivity index (χ4v) is 4.94. The van der Waals surface area contributed by atoms with Crippen LogP contribution in [-0.2, 0) is 17.6 Å². The van der Waals surface area contributed by atoms with E-state index in [0.29, 0.717) is 11.3 Å². The first-order valence-corrected chi connectivity index (χ1v) is 9.93. The number of benzene rings is 1. The molecule has 1 amide bonds.